The number of hydrogen-bond acceptors (Lipinski definition) is 4. The minimum atomic E-state index is 0.364. The van der Waals surface area contributed by atoms with Crippen LogP contribution in [0.5, 0.6) is 0 Å². The molecule has 0 spiro atoms. The second kappa shape index (κ2) is 3.98. The van der Waals surface area contributed by atoms with Crippen LogP contribution in [0.1, 0.15) is 18.2 Å². The van der Waals surface area contributed by atoms with Crippen molar-refractivity contribution in [3.05, 3.63) is 41.6 Å². The molecular weight excluding hydrogens is 224 g/mol. The number of rotatable bonds is 1. The van der Waals surface area contributed by atoms with Gasteiger partial charge in [0.25, 0.3) is 0 Å². The monoisotopic (exact) mass is 240 g/mol. The standard InChI is InChI=1S/C14H16N4/c1-9-7-13(15)17-14(16-9)18-10(2)8-11-5-3-4-6-12(11)18/h3-7,10H,8H2,1-2H3,(H2,15,16,17)/t10-/m1/s1. The summed E-state index contributed by atoms with van der Waals surface area (Å²) in [4.78, 5) is 11.0. The van der Waals surface area contributed by atoms with Crippen LogP contribution in [-0.2, 0) is 6.42 Å². The first-order chi connectivity index (χ1) is 8.65. The normalized spacial score (nSPS) is 17.9. The number of para-hydroxylation sites is 1. The molecule has 0 unspecified atom stereocenters. The number of aryl methyl sites for hydroxylation is 1. The molecule has 2 N–H and O–H groups in total. The Balaban J connectivity index is 2.11. The number of nitrogens with zero attached hydrogens (tertiary/aromatic N) is 3. The van der Waals surface area contributed by atoms with Crippen LogP contribution in [0.4, 0.5) is 17.5 Å². The first kappa shape index (κ1) is 11.0. The van der Waals surface area contributed by atoms with E-state index in [1.807, 2.05) is 13.0 Å². The molecule has 0 bridgehead atoms. The highest BCUT2D eigenvalue weighted by Gasteiger charge is 2.28. The van der Waals surface area contributed by atoms with Gasteiger partial charge >= 0.3 is 0 Å². The molecule has 0 saturated carbocycles. The topological polar surface area (TPSA) is 55.0 Å². The van der Waals surface area contributed by atoms with Crippen LogP contribution in [0.25, 0.3) is 0 Å². The van der Waals surface area contributed by atoms with Crippen molar-refractivity contribution in [2.75, 3.05) is 10.6 Å². The molecule has 18 heavy (non-hydrogen) atoms. The van der Waals surface area contributed by atoms with Crippen molar-refractivity contribution in [1.29, 1.82) is 0 Å². The second-order valence-corrected chi connectivity index (χ2v) is 4.79. The van der Waals surface area contributed by atoms with E-state index < -0.39 is 0 Å². The van der Waals surface area contributed by atoms with Gasteiger partial charge in [0.2, 0.25) is 5.95 Å². The Morgan fingerprint density at radius 1 is 1.28 bits per heavy atom. The van der Waals surface area contributed by atoms with E-state index in [0.717, 1.165) is 12.1 Å². The summed E-state index contributed by atoms with van der Waals surface area (Å²) < 4.78 is 0. The van der Waals surface area contributed by atoms with E-state index in [-0.39, 0.29) is 0 Å². The summed E-state index contributed by atoms with van der Waals surface area (Å²) in [5.74, 6) is 1.22. The summed E-state index contributed by atoms with van der Waals surface area (Å²) >= 11 is 0. The third-order valence-corrected chi connectivity index (χ3v) is 3.28. The van der Waals surface area contributed by atoms with Gasteiger partial charge in [-0.15, -0.1) is 0 Å². The van der Waals surface area contributed by atoms with Crippen LogP contribution < -0.4 is 10.6 Å². The molecule has 0 radical (unpaired) electrons. The molecule has 1 aliphatic rings. The van der Waals surface area contributed by atoms with Gasteiger partial charge in [-0.05, 0) is 31.9 Å². The highest BCUT2D eigenvalue weighted by molar-refractivity contribution is 5.67. The van der Waals surface area contributed by atoms with Gasteiger partial charge in [-0.1, -0.05) is 18.2 Å². The third-order valence-electron chi connectivity index (χ3n) is 3.28. The Hall–Kier alpha value is -2.10. The maximum absolute atomic E-state index is 5.81. The van der Waals surface area contributed by atoms with E-state index in [1.54, 1.807) is 6.07 Å². The van der Waals surface area contributed by atoms with E-state index in [2.05, 4.69) is 40.0 Å². The lowest BCUT2D eigenvalue weighted by atomic mass is 10.1. The molecule has 2 aromatic rings. The van der Waals surface area contributed by atoms with Gasteiger partial charge in [0, 0.05) is 23.5 Å². The minimum absolute atomic E-state index is 0.364. The summed E-state index contributed by atoms with van der Waals surface area (Å²) in [5.41, 5.74) is 9.24. The summed E-state index contributed by atoms with van der Waals surface area (Å²) in [6, 6.07) is 10.5. The van der Waals surface area contributed by atoms with Gasteiger partial charge in [-0.3, -0.25) is 0 Å². The largest absolute Gasteiger partial charge is 0.384 e. The molecule has 1 aromatic heterocycles. The molecule has 0 saturated heterocycles. The van der Waals surface area contributed by atoms with Gasteiger partial charge in [-0.2, -0.15) is 4.98 Å². The fourth-order valence-electron chi connectivity index (χ4n) is 2.55. The molecule has 4 nitrogen and oxygen atoms in total. The molecule has 1 aliphatic heterocycles. The van der Waals surface area contributed by atoms with E-state index in [0.29, 0.717) is 17.8 Å². The summed E-state index contributed by atoms with van der Waals surface area (Å²) in [6.45, 7) is 4.12. The zero-order valence-electron chi connectivity index (χ0n) is 10.6. The first-order valence-electron chi connectivity index (χ1n) is 6.13. The zero-order valence-corrected chi connectivity index (χ0v) is 10.6. The maximum atomic E-state index is 5.81. The van der Waals surface area contributed by atoms with E-state index >= 15 is 0 Å². The molecule has 0 amide bonds. The number of benzene rings is 1. The van der Waals surface area contributed by atoms with Crippen LogP contribution in [-0.4, -0.2) is 16.0 Å². The highest BCUT2D eigenvalue weighted by atomic mass is 15.3. The van der Waals surface area contributed by atoms with Gasteiger partial charge in [0.15, 0.2) is 0 Å². The fraction of sp³-hybridized carbons (Fsp3) is 0.286. The minimum Gasteiger partial charge on any atom is -0.384 e. The van der Waals surface area contributed by atoms with Gasteiger partial charge in [-0.25, -0.2) is 4.98 Å². The lowest BCUT2D eigenvalue weighted by molar-refractivity contribution is 0.738. The van der Waals surface area contributed by atoms with Crippen LogP contribution in [0.2, 0.25) is 0 Å². The van der Waals surface area contributed by atoms with E-state index in [4.69, 9.17) is 5.73 Å². The smallest absolute Gasteiger partial charge is 0.232 e. The van der Waals surface area contributed by atoms with Crippen LogP contribution >= 0.6 is 0 Å². The van der Waals surface area contributed by atoms with Crippen molar-refractivity contribution >= 4 is 17.5 Å². The lowest BCUT2D eigenvalue weighted by Crippen LogP contribution is -2.26. The molecule has 1 atom stereocenters. The van der Waals surface area contributed by atoms with Crippen molar-refractivity contribution in [2.24, 2.45) is 0 Å². The van der Waals surface area contributed by atoms with Crippen LogP contribution in [0.3, 0.4) is 0 Å². The van der Waals surface area contributed by atoms with Crippen molar-refractivity contribution < 1.29 is 0 Å². The molecule has 2 heterocycles. The number of nitrogen functional groups attached to an aromatic ring is 1. The molecule has 92 valence electrons. The zero-order chi connectivity index (χ0) is 12.7. The lowest BCUT2D eigenvalue weighted by Gasteiger charge is -2.23. The Morgan fingerprint density at radius 3 is 2.83 bits per heavy atom. The number of hydrogen-bond donors (Lipinski definition) is 1. The Labute approximate surface area is 106 Å². The summed E-state index contributed by atoms with van der Waals surface area (Å²) in [7, 11) is 0. The third kappa shape index (κ3) is 1.70. The average molecular weight is 240 g/mol. The number of nitrogens with two attached hydrogens (primary N) is 1. The summed E-state index contributed by atoms with van der Waals surface area (Å²) in [5, 5.41) is 0. The predicted molar refractivity (Wildman–Crippen MR) is 72.9 cm³/mol. The van der Waals surface area contributed by atoms with Crippen LogP contribution in [0.15, 0.2) is 30.3 Å². The SMILES string of the molecule is Cc1cc(N)nc(N2c3ccccc3C[C@H]2C)n1. The summed E-state index contributed by atoms with van der Waals surface area (Å²) in [6.07, 6.45) is 1.02. The number of aromatic nitrogens is 2. The van der Waals surface area contributed by atoms with Crippen molar-refractivity contribution in [2.45, 2.75) is 26.3 Å². The molecule has 1 aromatic carbocycles. The Bertz CT molecular complexity index is 574. The number of fused-ring (bicyclic) bond motifs is 1. The van der Waals surface area contributed by atoms with Crippen molar-refractivity contribution in [1.82, 2.24) is 9.97 Å². The Kier molecular flexibility index (Phi) is 2.44. The second-order valence-electron chi connectivity index (χ2n) is 4.79. The molecular formula is C14H16N4. The average Bonchev–Trinajstić information content (AvgIpc) is 2.63. The van der Waals surface area contributed by atoms with Crippen LogP contribution in [0, 0.1) is 6.92 Å². The van der Waals surface area contributed by atoms with Gasteiger partial charge in [0.1, 0.15) is 5.82 Å². The fourth-order valence-corrected chi connectivity index (χ4v) is 2.55. The molecule has 0 aliphatic carbocycles. The first-order valence-corrected chi connectivity index (χ1v) is 6.13. The Morgan fingerprint density at radius 2 is 2.06 bits per heavy atom. The molecule has 0 fully saturated rings. The predicted octanol–water partition coefficient (Wildman–Crippen LogP) is 2.45. The van der Waals surface area contributed by atoms with E-state index in [9.17, 15) is 0 Å². The molecule has 4 heteroatoms. The molecule has 3 rings (SSSR count). The quantitative estimate of drug-likeness (QED) is 0.831. The van der Waals surface area contributed by atoms with Crippen molar-refractivity contribution in [3.63, 3.8) is 0 Å². The highest BCUT2D eigenvalue weighted by Crippen LogP contribution is 2.36. The van der Waals surface area contributed by atoms with Gasteiger partial charge < -0.3 is 10.6 Å². The van der Waals surface area contributed by atoms with Gasteiger partial charge in [0.05, 0.1) is 0 Å². The van der Waals surface area contributed by atoms with Crippen molar-refractivity contribution in [3.8, 4) is 0 Å². The maximum Gasteiger partial charge on any atom is 0.232 e. The number of anilines is 3. The van der Waals surface area contributed by atoms with E-state index in [1.165, 1.54) is 11.3 Å².